The fourth-order valence-electron chi connectivity index (χ4n) is 3.53. The Balaban J connectivity index is 2.55. The minimum atomic E-state index is 0.00789. The molecule has 0 aliphatic heterocycles. The van der Waals surface area contributed by atoms with Crippen molar-refractivity contribution in [2.45, 2.75) is 51.5 Å². The van der Waals surface area contributed by atoms with E-state index in [1.54, 1.807) is 0 Å². The predicted octanol–water partition coefficient (Wildman–Crippen LogP) is 5.01. The van der Waals surface area contributed by atoms with Crippen LogP contribution in [0.4, 0.5) is 0 Å². The molecule has 2 aromatic rings. The highest BCUT2D eigenvalue weighted by molar-refractivity contribution is 5.38. The molecule has 0 radical (unpaired) electrons. The minimum Gasteiger partial charge on any atom is -0.323 e. The van der Waals surface area contributed by atoms with E-state index in [9.17, 15) is 0 Å². The molecule has 1 nitrogen and oxygen atoms in total. The van der Waals surface area contributed by atoms with Gasteiger partial charge in [0.15, 0.2) is 0 Å². The zero-order chi connectivity index (χ0) is 15.3. The van der Waals surface area contributed by atoms with E-state index in [1.165, 1.54) is 16.7 Å². The van der Waals surface area contributed by atoms with Crippen LogP contribution in [-0.2, 0) is 11.8 Å². The molecule has 1 atom stereocenters. The number of rotatable bonds is 6. The van der Waals surface area contributed by atoms with Gasteiger partial charge in [0.1, 0.15) is 0 Å². The van der Waals surface area contributed by atoms with Crippen molar-refractivity contribution in [3.05, 3.63) is 71.3 Å². The monoisotopic (exact) mass is 281 g/mol. The standard InChI is InChI=1S/C20H27N/c1-4-16-12-10-11-15-18(16)20(5-2,6-3)19(21)17-13-8-7-9-14-17/h7-15,19H,4-6,21H2,1-3H3. The zero-order valence-corrected chi connectivity index (χ0v) is 13.5. The highest BCUT2D eigenvalue weighted by atomic mass is 14.7. The van der Waals surface area contributed by atoms with Crippen LogP contribution in [0.1, 0.15) is 56.3 Å². The summed E-state index contributed by atoms with van der Waals surface area (Å²) in [5, 5.41) is 0. The lowest BCUT2D eigenvalue weighted by Crippen LogP contribution is -2.38. The van der Waals surface area contributed by atoms with Gasteiger partial charge in [0, 0.05) is 11.5 Å². The molecule has 112 valence electrons. The summed E-state index contributed by atoms with van der Waals surface area (Å²) in [6.07, 6.45) is 3.16. The maximum absolute atomic E-state index is 6.75. The van der Waals surface area contributed by atoms with Gasteiger partial charge >= 0.3 is 0 Å². The van der Waals surface area contributed by atoms with Gasteiger partial charge in [-0.25, -0.2) is 0 Å². The topological polar surface area (TPSA) is 26.0 Å². The lowest BCUT2D eigenvalue weighted by atomic mass is 9.67. The van der Waals surface area contributed by atoms with Gasteiger partial charge in [0.05, 0.1) is 0 Å². The fourth-order valence-corrected chi connectivity index (χ4v) is 3.53. The second kappa shape index (κ2) is 6.91. The third-order valence-electron chi connectivity index (χ3n) is 4.95. The molecule has 2 N–H and O–H groups in total. The molecule has 2 aromatic carbocycles. The summed E-state index contributed by atoms with van der Waals surface area (Å²) in [6, 6.07) is 19.3. The average molecular weight is 281 g/mol. The van der Waals surface area contributed by atoms with Crippen molar-refractivity contribution in [1.82, 2.24) is 0 Å². The third-order valence-corrected chi connectivity index (χ3v) is 4.95. The Bertz CT molecular complexity index is 555. The lowest BCUT2D eigenvalue weighted by molar-refractivity contribution is 0.320. The van der Waals surface area contributed by atoms with Gasteiger partial charge in [-0.1, -0.05) is 75.4 Å². The summed E-state index contributed by atoms with van der Waals surface area (Å²) >= 11 is 0. The highest BCUT2D eigenvalue weighted by Crippen LogP contribution is 2.43. The van der Waals surface area contributed by atoms with Crippen molar-refractivity contribution in [3.8, 4) is 0 Å². The Kier molecular flexibility index (Phi) is 5.19. The van der Waals surface area contributed by atoms with Crippen LogP contribution in [-0.4, -0.2) is 0 Å². The summed E-state index contributed by atoms with van der Waals surface area (Å²) in [5.41, 5.74) is 10.8. The van der Waals surface area contributed by atoms with Crippen LogP contribution in [0.3, 0.4) is 0 Å². The molecule has 0 heterocycles. The lowest BCUT2D eigenvalue weighted by Gasteiger charge is -2.40. The first-order valence-corrected chi connectivity index (χ1v) is 8.08. The first-order chi connectivity index (χ1) is 10.2. The largest absolute Gasteiger partial charge is 0.323 e. The van der Waals surface area contributed by atoms with E-state index in [0.717, 1.165) is 19.3 Å². The summed E-state index contributed by atoms with van der Waals surface area (Å²) in [5.74, 6) is 0. The van der Waals surface area contributed by atoms with Crippen molar-refractivity contribution in [1.29, 1.82) is 0 Å². The van der Waals surface area contributed by atoms with E-state index in [4.69, 9.17) is 5.73 Å². The molecule has 0 saturated carbocycles. The molecule has 0 saturated heterocycles. The van der Waals surface area contributed by atoms with E-state index in [2.05, 4.69) is 75.4 Å². The van der Waals surface area contributed by atoms with E-state index >= 15 is 0 Å². The Morgan fingerprint density at radius 1 is 0.857 bits per heavy atom. The molecule has 21 heavy (non-hydrogen) atoms. The Hall–Kier alpha value is -1.60. The molecule has 0 spiro atoms. The summed E-state index contributed by atoms with van der Waals surface area (Å²) in [7, 11) is 0. The van der Waals surface area contributed by atoms with Gasteiger partial charge in [-0.05, 0) is 36.0 Å². The number of aryl methyl sites for hydroxylation is 1. The molecule has 0 aliphatic rings. The molecule has 0 aliphatic carbocycles. The predicted molar refractivity (Wildman–Crippen MR) is 91.5 cm³/mol. The summed E-state index contributed by atoms with van der Waals surface area (Å²) in [6.45, 7) is 6.75. The SMILES string of the molecule is CCc1ccccc1C(CC)(CC)C(N)c1ccccc1. The first-order valence-electron chi connectivity index (χ1n) is 8.08. The van der Waals surface area contributed by atoms with Crippen LogP contribution in [0, 0.1) is 0 Å². The first kappa shape index (κ1) is 15.8. The van der Waals surface area contributed by atoms with Gasteiger partial charge in [0.25, 0.3) is 0 Å². The van der Waals surface area contributed by atoms with Gasteiger partial charge in [-0.15, -0.1) is 0 Å². The molecular weight excluding hydrogens is 254 g/mol. The molecule has 1 unspecified atom stereocenters. The fraction of sp³-hybridized carbons (Fsp3) is 0.400. The van der Waals surface area contributed by atoms with Gasteiger partial charge in [0.2, 0.25) is 0 Å². The number of hydrogen-bond acceptors (Lipinski definition) is 1. The molecule has 0 amide bonds. The third kappa shape index (κ3) is 2.89. The van der Waals surface area contributed by atoms with E-state index in [-0.39, 0.29) is 11.5 Å². The van der Waals surface area contributed by atoms with Gasteiger partial charge in [-0.3, -0.25) is 0 Å². The molecule has 0 aromatic heterocycles. The Morgan fingerprint density at radius 3 is 2.00 bits per heavy atom. The van der Waals surface area contributed by atoms with Crippen LogP contribution >= 0.6 is 0 Å². The second-order valence-electron chi connectivity index (χ2n) is 5.76. The maximum atomic E-state index is 6.75. The van der Waals surface area contributed by atoms with Crippen molar-refractivity contribution in [2.24, 2.45) is 5.73 Å². The number of hydrogen-bond donors (Lipinski definition) is 1. The number of nitrogens with two attached hydrogens (primary N) is 1. The second-order valence-corrected chi connectivity index (χ2v) is 5.76. The smallest absolute Gasteiger partial charge is 0.0393 e. The highest BCUT2D eigenvalue weighted by Gasteiger charge is 2.37. The normalized spacial score (nSPS) is 13.1. The van der Waals surface area contributed by atoms with Crippen LogP contribution in [0.5, 0.6) is 0 Å². The van der Waals surface area contributed by atoms with E-state index in [1.807, 2.05) is 0 Å². The van der Waals surface area contributed by atoms with Crippen molar-refractivity contribution in [3.63, 3.8) is 0 Å². The molecule has 2 rings (SSSR count). The number of benzene rings is 2. The van der Waals surface area contributed by atoms with Crippen molar-refractivity contribution in [2.75, 3.05) is 0 Å². The quantitative estimate of drug-likeness (QED) is 0.791. The van der Waals surface area contributed by atoms with Gasteiger partial charge in [-0.2, -0.15) is 0 Å². The Labute approximate surface area is 129 Å². The molecule has 0 bridgehead atoms. The summed E-state index contributed by atoms with van der Waals surface area (Å²) in [4.78, 5) is 0. The zero-order valence-electron chi connectivity index (χ0n) is 13.5. The van der Waals surface area contributed by atoms with Crippen LogP contribution in [0.2, 0.25) is 0 Å². The maximum Gasteiger partial charge on any atom is 0.0393 e. The van der Waals surface area contributed by atoms with Crippen LogP contribution in [0.15, 0.2) is 54.6 Å². The van der Waals surface area contributed by atoms with Crippen LogP contribution < -0.4 is 5.73 Å². The molecule has 1 heteroatoms. The molecule has 0 fully saturated rings. The molecular formula is C20H27N. The van der Waals surface area contributed by atoms with Crippen molar-refractivity contribution >= 4 is 0 Å². The summed E-state index contributed by atoms with van der Waals surface area (Å²) < 4.78 is 0. The minimum absolute atomic E-state index is 0.00789. The van der Waals surface area contributed by atoms with Gasteiger partial charge < -0.3 is 5.73 Å². The van der Waals surface area contributed by atoms with E-state index in [0.29, 0.717) is 0 Å². The van der Waals surface area contributed by atoms with E-state index < -0.39 is 0 Å². The Morgan fingerprint density at radius 2 is 1.43 bits per heavy atom. The average Bonchev–Trinajstić information content (AvgIpc) is 2.57. The van der Waals surface area contributed by atoms with Crippen LogP contribution in [0.25, 0.3) is 0 Å². The van der Waals surface area contributed by atoms with Crippen molar-refractivity contribution < 1.29 is 0 Å².